The Labute approximate surface area is 240 Å². The first-order valence-corrected chi connectivity index (χ1v) is 13.3. The first-order valence-electron chi connectivity index (χ1n) is 12.4. The van der Waals surface area contributed by atoms with E-state index in [0.29, 0.717) is 28.5 Å². The highest BCUT2D eigenvalue weighted by Crippen LogP contribution is 2.24. The largest absolute Gasteiger partial charge is 0.480 e. The zero-order chi connectivity index (χ0) is 30.2. The summed E-state index contributed by atoms with van der Waals surface area (Å²) in [5.41, 5.74) is 13.4. The second-order valence-corrected chi connectivity index (χ2v) is 10.8. The standard InChI is InChI=1S/C16H16N2O3.C13H15N3O3S/c17-10-12-5-4-8-14(9-12)18(11-15(19)20)16(21)13-6-2-1-3-7-13;1-13(2,3)19-12(18)16-10(17)7-4-5-8-9(6-7)20-11(14)15-8/h1-9H,10-11,17H2,(H,19,20);4-6H,1-3H3,(H2,14,15)(H,16,17,18). The smallest absolute Gasteiger partial charge is 0.414 e. The van der Waals surface area contributed by atoms with Crippen LogP contribution in [0.5, 0.6) is 0 Å². The summed E-state index contributed by atoms with van der Waals surface area (Å²) in [5, 5.41) is 11.7. The quantitative estimate of drug-likeness (QED) is 0.258. The number of benzene rings is 3. The van der Waals surface area contributed by atoms with Gasteiger partial charge in [-0.1, -0.05) is 41.7 Å². The minimum absolute atomic E-state index is 0.328. The van der Waals surface area contributed by atoms with Gasteiger partial charge in [0.2, 0.25) is 0 Å². The number of aromatic nitrogens is 1. The van der Waals surface area contributed by atoms with E-state index in [0.717, 1.165) is 15.8 Å². The molecule has 3 amide bonds. The van der Waals surface area contributed by atoms with Crippen molar-refractivity contribution in [1.29, 1.82) is 0 Å². The second-order valence-electron chi connectivity index (χ2n) is 9.72. The number of imide groups is 1. The number of nitrogens with one attached hydrogen (secondary N) is 1. The Balaban J connectivity index is 0.000000226. The molecule has 214 valence electrons. The summed E-state index contributed by atoms with van der Waals surface area (Å²) in [6.07, 6.45) is -0.772. The third-order valence-corrected chi connectivity index (χ3v) is 6.15. The Kier molecular flexibility index (Phi) is 10.1. The van der Waals surface area contributed by atoms with Crippen molar-refractivity contribution in [1.82, 2.24) is 10.3 Å². The number of anilines is 2. The van der Waals surface area contributed by atoms with Crippen LogP contribution in [0.1, 0.15) is 47.1 Å². The molecule has 0 fully saturated rings. The topological polar surface area (TPSA) is 178 Å². The maximum atomic E-state index is 12.5. The zero-order valence-electron chi connectivity index (χ0n) is 22.8. The highest BCUT2D eigenvalue weighted by Gasteiger charge is 2.21. The molecule has 12 heteroatoms. The number of nitrogens with zero attached hydrogens (tertiary/aromatic N) is 2. The number of hydrogen-bond donors (Lipinski definition) is 4. The van der Waals surface area contributed by atoms with Crippen molar-refractivity contribution in [3.63, 3.8) is 0 Å². The number of nitrogens with two attached hydrogens (primary N) is 2. The predicted molar refractivity (Wildman–Crippen MR) is 158 cm³/mol. The first-order chi connectivity index (χ1) is 19.4. The maximum Gasteiger partial charge on any atom is 0.414 e. The van der Waals surface area contributed by atoms with Gasteiger partial charge in [0.25, 0.3) is 11.8 Å². The third-order valence-electron chi connectivity index (χ3n) is 5.30. The van der Waals surface area contributed by atoms with Crippen LogP contribution in [-0.4, -0.2) is 46.1 Å². The first kappa shape index (κ1) is 30.7. The van der Waals surface area contributed by atoms with Gasteiger partial charge in [0.1, 0.15) is 12.1 Å². The molecule has 0 aliphatic rings. The van der Waals surface area contributed by atoms with Gasteiger partial charge in [0, 0.05) is 23.4 Å². The fraction of sp³-hybridized carbons (Fsp3) is 0.207. The molecule has 0 aliphatic carbocycles. The molecule has 11 nitrogen and oxygen atoms in total. The van der Waals surface area contributed by atoms with E-state index in [-0.39, 0.29) is 5.91 Å². The van der Waals surface area contributed by atoms with E-state index in [4.69, 9.17) is 21.3 Å². The van der Waals surface area contributed by atoms with Gasteiger partial charge in [0.15, 0.2) is 5.13 Å². The van der Waals surface area contributed by atoms with Gasteiger partial charge in [0.05, 0.1) is 10.2 Å². The number of carboxylic acid groups (broad SMARTS) is 1. The molecule has 0 saturated carbocycles. The van der Waals surface area contributed by atoms with Crippen LogP contribution in [0.3, 0.4) is 0 Å². The normalized spacial score (nSPS) is 10.7. The molecule has 0 aliphatic heterocycles. The number of carbonyl (C=O) groups excluding carboxylic acids is 3. The Bertz CT molecular complexity index is 1550. The van der Waals surface area contributed by atoms with Gasteiger partial charge < -0.3 is 21.3 Å². The maximum absolute atomic E-state index is 12.5. The minimum atomic E-state index is -1.07. The number of fused-ring (bicyclic) bond motifs is 1. The SMILES string of the molecule is CC(C)(C)OC(=O)NC(=O)c1ccc2nc(N)sc2c1.NCc1cccc(N(CC(=O)O)C(=O)c2ccccc2)c1. The van der Waals surface area contributed by atoms with Crippen LogP contribution in [0.2, 0.25) is 0 Å². The lowest BCUT2D eigenvalue weighted by Crippen LogP contribution is -2.36. The summed E-state index contributed by atoms with van der Waals surface area (Å²) in [7, 11) is 0. The summed E-state index contributed by atoms with van der Waals surface area (Å²) >= 11 is 1.28. The number of hydrogen-bond acceptors (Lipinski definition) is 9. The Morgan fingerprint density at radius 2 is 1.68 bits per heavy atom. The highest BCUT2D eigenvalue weighted by molar-refractivity contribution is 7.22. The Morgan fingerprint density at radius 3 is 2.32 bits per heavy atom. The lowest BCUT2D eigenvalue weighted by Gasteiger charge is -2.21. The second kappa shape index (κ2) is 13.5. The van der Waals surface area contributed by atoms with Crippen molar-refractivity contribution in [2.45, 2.75) is 32.9 Å². The third kappa shape index (κ3) is 9.12. The molecule has 1 heterocycles. The fourth-order valence-electron chi connectivity index (χ4n) is 3.56. The van der Waals surface area contributed by atoms with Crippen LogP contribution in [-0.2, 0) is 16.1 Å². The van der Waals surface area contributed by atoms with E-state index < -0.39 is 30.1 Å². The van der Waals surface area contributed by atoms with Gasteiger partial charge >= 0.3 is 12.1 Å². The summed E-state index contributed by atoms with van der Waals surface area (Å²) in [4.78, 5) is 52.4. The average Bonchev–Trinajstić information content (AvgIpc) is 3.30. The fourth-order valence-corrected chi connectivity index (χ4v) is 4.33. The van der Waals surface area contributed by atoms with Crippen LogP contribution in [0.4, 0.5) is 15.6 Å². The summed E-state index contributed by atoms with van der Waals surface area (Å²) in [6.45, 7) is 5.10. The number of alkyl carbamates (subject to hydrolysis) is 1. The molecule has 0 spiro atoms. The molecule has 0 radical (unpaired) electrons. The van der Waals surface area contributed by atoms with Crippen molar-refractivity contribution in [3.05, 3.63) is 89.5 Å². The molecule has 1 aromatic heterocycles. The molecule has 4 aromatic rings. The molecule has 0 unspecified atom stereocenters. The molecule has 0 atom stereocenters. The number of aliphatic carboxylic acids is 1. The molecule has 41 heavy (non-hydrogen) atoms. The number of rotatable bonds is 6. The van der Waals surface area contributed by atoms with Gasteiger partial charge in [-0.15, -0.1) is 0 Å². The van der Waals surface area contributed by atoms with E-state index in [1.165, 1.54) is 16.2 Å². The van der Waals surface area contributed by atoms with E-state index in [1.807, 2.05) is 6.07 Å². The molecular weight excluding hydrogens is 546 g/mol. The summed E-state index contributed by atoms with van der Waals surface area (Å²) in [6, 6.07) is 20.5. The lowest BCUT2D eigenvalue weighted by molar-refractivity contribution is -0.135. The van der Waals surface area contributed by atoms with E-state index in [9.17, 15) is 19.2 Å². The Hall–Kier alpha value is -4.81. The lowest BCUT2D eigenvalue weighted by atomic mass is 10.1. The van der Waals surface area contributed by atoms with Crippen LogP contribution < -0.4 is 21.7 Å². The number of carbonyl (C=O) groups is 4. The molecule has 3 aromatic carbocycles. The highest BCUT2D eigenvalue weighted by atomic mass is 32.1. The number of nitrogen functional groups attached to an aromatic ring is 1. The predicted octanol–water partition coefficient (Wildman–Crippen LogP) is 4.42. The van der Waals surface area contributed by atoms with Crippen LogP contribution >= 0.6 is 11.3 Å². The van der Waals surface area contributed by atoms with Gasteiger partial charge in [-0.25, -0.2) is 9.78 Å². The van der Waals surface area contributed by atoms with E-state index >= 15 is 0 Å². The van der Waals surface area contributed by atoms with Gasteiger partial charge in [-0.05, 0) is 68.8 Å². The monoisotopic (exact) mass is 577 g/mol. The van der Waals surface area contributed by atoms with Crippen molar-refractivity contribution in [3.8, 4) is 0 Å². The Morgan fingerprint density at radius 1 is 0.976 bits per heavy atom. The number of amides is 3. The number of ether oxygens (including phenoxy) is 1. The number of carboxylic acids is 1. The van der Waals surface area contributed by atoms with Crippen LogP contribution in [0.25, 0.3) is 10.2 Å². The van der Waals surface area contributed by atoms with Crippen molar-refractivity contribution in [2.75, 3.05) is 17.2 Å². The zero-order valence-corrected chi connectivity index (χ0v) is 23.6. The molecular formula is C29H31N5O6S. The number of thiazole rings is 1. The average molecular weight is 578 g/mol. The van der Waals surface area contributed by atoms with Gasteiger partial charge in [-0.3, -0.25) is 24.6 Å². The van der Waals surface area contributed by atoms with Gasteiger partial charge in [-0.2, -0.15) is 0 Å². The molecule has 0 bridgehead atoms. The minimum Gasteiger partial charge on any atom is -0.480 e. The van der Waals surface area contributed by atoms with Crippen molar-refractivity contribution < 1.29 is 29.0 Å². The summed E-state index contributed by atoms with van der Waals surface area (Å²) < 4.78 is 5.81. The van der Waals surface area contributed by atoms with Crippen molar-refractivity contribution >= 4 is 56.2 Å². The van der Waals surface area contributed by atoms with E-state index in [2.05, 4.69) is 10.3 Å². The molecule has 4 rings (SSSR count). The van der Waals surface area contributed by atoms with E-state index in [1.54, 1.807) is 87.5 Å². The van der Waals surface area contributed by atoms with Crippen LogP contribution in [0, 0.1) is 0 Å². The van der Waals surface area contributed by atoms with Crippen LogP contribution in [0.15, 0.2) is 72.8 Å². The summed E-state index contributed by atoms with van der Waals surface area (Å²) in [5.74, 6) is -1.95. The van der Waals surface area contributed by atoms with Crippen molar-refractivity contribution in [2.24, 2.45) is 5.73 Å². The molecule has 6 N–H and O–H groups in total. The molecule has 0 saturated heterocycles.